The van der Waals surface area contributed by atoms with Crippen LogP contribution in [-0.4, -0.2) is 12.0 Å². The predicted molar refractivity (Wildman–Crippen MR) is 79.9 cm³/mol. The van der Waals surface area contributed by atoms with E-state index < -0.39 is 23.8 Å². The number of hydrogen-bond acceptors (Lipinski definition) is 2. The number of rotatable bonds is 4. The number of carbonyl (C=O) groups is 1. The number of ketones is 1. The van der Waals surface area contributed by atoms with E-state index in [9.17, 15) is 23.2 Å². The fraction of sp³-hybridized carbons (Fsp3) is 0.222. The van der Waals surface area contributed by atoms with Crippen molar-refractivity contribution in [3.63, 3.8) is 0 Å². The molecule has 0 amide bonds. The quantitative estimate of drug-likeness (QED) is 0.774. The highest BCUT2D eigenvalue weighted by atomic mass is 19.4. The lowest BCUT2D eigenvalue weighted by molar-refractivity contribution is -0.172. The smallest absolute Gasteiger partial charge is 0.294 e. The summed E-state index contributed by atoms with van der Waals surface area (Å²) in [6.07, 6.45) is -5.81. The summed E-state index contributed by atoms with van der Waals surface area (Å²) in [6, 6.07) is 14.7. The van der Waals surface area contributed by atoms with Gasteiger partial charge in [-0.1, -0.05) is 60.2 Å². The van der Waals surface area contributed by atoms with Crippen LogP contribution >= 0.6 is 0 Å². The van der Waals surface area contributed by atoms with Gasteiger partial charge in [0, 0.05) is 12.0 Å². The lowest BCUT2D eigenvalue weighted by atomic mass is 9.75. The number of benzene rings is 2. The van der Waals surface area contributed by atoms with E-state index in [1.54, 1.807) is 31.2 Å². The Balaban J connectivity index is 2.52. The van der Waals surface area contributed by atoms with Crippen LogP contribution in [0.5, 0.6) is 0 Å². The van der Waals surface area contributed by atoms with Gasteiger partial charge in [0.1, 0.15) is 0 Å². The van der Waals surface area contributed by atoms with Crippen LogP contribution < -0.4 is 0 Å². The minimum absolute atomic E-state index is 0.157. The van der Waals surface area contributed by atoms with Gasteiger partial charge < -0.3 is 0 Å². The molecule has 0 saturated carbocycles. The number of hydrogen-bond donors (Lipinski definition) is 0. The molecule has 0 fully saturated rings. The van der Waals surface area contributed by atoms with Crippen LogP contribution in [0.15, 0.2) is 54.6 Å². The Bertz CT molecular complexity index is 747. The maximum absolute atomic E-state index is 13.7. The van der Waals surface area contributed by atoms with Gasteiger partial charge in [0.15, 0.2) is 11.2 Å². The first-order chi connectivity index (χ1) is 10.8. The van der Waals surface area contributed by atoms with E-state index in [2.05, 4.69) is 0 Å². The van der Waals surface area contributed by atoms with Gasteiger partial charge in [-0.25, -0.2) is 0 Å². The van der Waals surface area contributed by atoms with Crippen LogP contribution in [0.2, 0.25) is 0 Å². The fourth-order valence-corrected chi connectivity index (χ4v) is 2.41. The molecule has 5 heteroatoms. The summed E-state index contributed by atoms with van der Waals surface area (Å²) in [5, 5.41) is 9.33. The Labute approximate surface area is 132 Å². The SMILES string of the molecule is Cc1cccc([C@@](C#N)(CC(=O)c2ccccc2)C(F)(F)F)c1. The zero-order valence-electron chi connectivity index (χ0n) is 12.4. The van der Waals surface area contributed by atoms with E-state index in [1.807, 2.05) is 0 Å². The normalized spacial score (nSPS) is 13.9. The third-order valence-corrected chi connectivity index (χ3v) is 3.71. The molecule has 0 bridgehead atoms. The van der Waals surface area contributed by atoms with Gasteiger partial charge in [-0.2, -0.15) is 18.4 Å². The van der Waals surface area contributed by atoms with Crippen molar-refractivity contribution in [3.8, 4) is 6.07 Å². The first kappa shape index (κ1) is 16.8. The van der Waals surface area contributed by atoms with E-state index in [-0.39, 0.29) is 11.1 Å². The molecule has 0 aliphatic carbocycles. The van der Waals surface area contributed by atoms with Gasteiger partial charge in [0.25, 0.3) is 0 Å². The van der Waals surface area contributed by atoms with E-state index in [0.29, 0.717) is 5.56 Å². The summed E-state index contributed by atoms with van der Waals surface area (Å²) in [7, 11) is 0. The van der Waals surface area contributed by atoms with Gasteiger partial charge in [-0.3, -0.25) is 4.79 Å². The molecule has 0 saturated heterocycles. The van der Waals surface area contributed by atoms with Crippen molar-refractivity contribution in [3.05, 3.63) is 71.3 Å². The molecule has 23 heavy (non-hydrogen) atoms. The highest BCUT2D eigenvalue weighted by Gasteiger charge is 2.57. The van der Waals surface area contributed by atoms with Crippen molar-refractivity contribution >= 4 is 5.78 Å². The van der Waals surface area contributed by atoms with Crippen molar-refractivity contribution in [1.29, 1.82) is 5.26 Å². The number of halogens is 3. The van der Waals surface area contributed by atoms with Gasteiger partial charge in [0.2, 0.25) is 0 Å². The van der Waals surface area contributed by atoms with Crippen LogP contribution in [0, 0.1) is 18.3 Å². The number of alkyl halides is 3. The number of nitriles is 1. The van der Waals surface area contributed by atoms with Crippen molar-refractivity contribution < 1.29 is 18.0 Å². The first-order valence-corrected chi connectivity index (χ1v) is 6.93. The Morgan fingerprint density at radius 1 is 1.09 bits per heavy atom. The maximum Gasteiger partial charge on any atom is 0.411 e. The molecule has 2 rings (SSSR count). The molecule has 2 nitrogen and oxygen atoms in total. The van der Waals surface area contributed by atoms with Crippen LogP contribution in [0.1, 0.15) is 27.9 Å². The van der Waals surface area contributed by atoms with E-state index in [0.717, 1.165) is 0 Å². The summed E-state index contributed by atoms with van der Waals surface area (Å²) in [6.45, 7) is 1.64. The van der Waals surface area contributed by atoms with Gasteiger partial charge in [-0.15, -0.1) is 0 Å². The highest BCUT2D eigenvalue weighted by molar-refractivity contribution is 5.97. The molecule has 1 atom stereocenters. The van der Waals surface area contributed by atoms with E-state index >= 15 is 0 Å². The molecule has 0 heterocycles. The minimum Gasteiger partial charge on any atom is -0.294 e. The standard InChI is InChI=1S/C18H14F3NO/c1-13-6-5-9-15(10-13)17(12-22,18(19,20)21)11-16(23)14-7-3-2-4-8-14/h2-10H,11H2,1H3/t17-/m0/s1. The molecule has 0 aliphatic heterocycles. The van der Waals surface area contributed by atoms with Crippen molar-refractivity contribution in [2.45, 2.75) is 24.9 Å². The fourth-order valence-electron chi connectivity index (χ4n) is 2.41. The Morgan fingerprint density at radius 3 is 2.26 bits per heavy atom. The maximum atomic E-state index is 13.7. The first-order valence-electron chi connectivity index (χ1n) is 6.93. The molecule has 118 valence electrons. The minimum atomic E-state index is -4.86. The predicted octanol–water partition coefficient (Wildman–Crippen LogP) is 4.59. The molecule has 2 aromatic carbocycles. The monoisotopic (exact) mass is 317 g/mol. The van der Waals surface area contributed by atoms with E-state index in [1.165, 1.54) is 36.4 Å². The highest BCUT2D eigenvalue weighted by Crippen LogP contribution is 2.44. The molecule has 0 aromatic heterocycles. The van der Waals surface area contributed by atoms with Crippen LogP contribution in [0.3, 0.4) is 0 Å². The van der Waals surface area contributed by atoms with Gasteiger partial charge in [0.05, 0.1) is 6.07 Å². The molecule has 2 aromatic rings. The van der Waals surface area contributed by atoms with Crippen molar-refractivity contribution in [1.82, 2.24) is 0 Å². The third-order valence-electron chi connectivity index (χ3n) is 3.71. The summed E-state index contributed by atoms with van der Waals surface area (Å²) in [4.78, 5) is 12.3. The van der Waals surface area contributed by atoms with Crippen LogP contribution in [-0.2, 0) is 5.41 Å². The second-order valence-electron chi connectivity index (χ2n) is 5.35. The zero-order chi connectivity index (χ0) is 17.1. The number of aryl methyl sites for hydroxylation is 1. The molecular weight excluding hydrogens is 303 g/mol. The topological polar surface area (TPSA) is 40.9 Å². The number of nitrogens with zero attached hydrogens (tertiary/aromatic N) is 1. The zero-order valence-corrected chi connectivity index (χ0v) is 12.4. The lowest BCUT2D eigenvalue weighted by Crippen LogP contribution is -2.43. The van der Waals surface area contributed by atoms with E-state index in [4.69, 9.17) is 0 Å². The summed E-state index contributed by atoms with van der Waals surface area (Å²) >= 11 is 0. The number of Topliss-reactive ketones (excluding diaryl/α,β-unsaturated/α-hetero) is 1. The molecule has 0 aliphatic rings. The lowest BCUT2D eigenvalue weighted by Gasteiger charge is -2.29. The Hall–Kier alpha value is -2.61. The second-order valence-corrected chi connectivity index (χ2v) is 5.35. The molecule has 0 radical (unpaired) electrons. The molecule has 0 unspecified atom stereocenters. The van der Waals surface area contributed by atoms with Crippen molar-refractivity contribution in [2.75, 3.05) is 0 Å². The van der Waals surface area contributed by atoms with Gasteiger partial charge in [-0.05, 0) is 12.5 Å². The van der Waals surface area contributed by atoms with Gasteiger partial charge >= 0.3 is 6.18 Å². The van der Waals surface area contributed by atoms with Crippen LogP contribution in [0.25, 0.3) is 0 Å². The molecule has 0 N–H and O–H groups in total. The number of carbonyl (C=O) groups excluding carboxylic acids is 1. The Kier molecular flexibility index (Phi) is 4.55. The largest absolute Gasteiger partial charge is 0.411 e. The Morgan fingerprint density at radius 2 is 1.74 bits per heavy atom. The third kappa shape index (κ3) is 3.26. The van der Waals surface area contributed by atoms with Crippen molar-refractivity contribution in [2.24, 2.45) is 0 Å². The summed E-state index contributed by atoms with van der Waals surface area (Å²) in [5.74, 6) is -0.717. The average molecular weight is 317 g/mol. The average Bonchev–Trinajstić information content (AvgIpc) is 2.52. The molecule has 0 spiro atoms. The molecular formula is C18H14F3NO. The summed E-state index contributed by atoms with van der Waals surface area (Å²) < 4.78 is 41.1. The second kappa shape index (κ2) is 6.25. The van der Waals surface area contributed by atoms with Crippen LogP contribution in [0.4, 0.5) is 13.2 Å². The summed E-state index contributed by atoms with van der Waals surface area (Å²) in [5.41, 5.74) is -2.31.